The lowest BCUT2D eigenvalue weighted by Crippen LogP contribution is -2.34. The smallest absolute Gasteiger partial charge is 0.259 e. The SMILES string of the molecule is CC(Cc1ccccc1)=NNC(=O)CNC(=O)/C=C\c1ccccc1. The fourth-order valence-electron chi connectivity index (χ4n) is 2.09. The molecule has 2 N–H and O–H groups in total. The van der Waals surface area contributed by atoms with Crippen molar-refractivity contribution in [2.75, 3.05) is 6.54 Å². The molecule has 0 saturated carbocycles. The van der Waals surface area contributed by atoms with Crippen molar-refractivity contribution in [1.82, 2.24) is 10.7 Å². The van der Waals surface area contributed by atoms with Gasteiger partial charge >= 0.3 is 0 Å². The van der Waals surface area contributed by atoms with Crippen LogP contribution in [0.25, 0.3) is 6.08 Å². The van der Waals surface area contributed by atoms with E-state index >= 15 is 0 Å². The van der Waals surface area contributed by atoms with Crippen LogP contribution in [0.2, 0.25) is 0 Å². The predicted octanol–water partition coefficient (Wildman–Crippen LogP) is 2.55. The van der Waals surface area contributed by atoms with Crippen LogP contribution >= 0.6 is 0 Å². The predicted molar refractivity (Wildman–Crippen MR) is 99.9 cm³/mol. The number of benzene rings is 2. The van der Waals surface area contributed by atoms with Crippen LogP contribution in [0.15, 0.2) is 71.8 Å². The molecule has 0 unspecified atom stereocenters. The first-order valence-corrected chi connectivity index (χ1v) is 8.00. The van der Waals surface area contributed by atoms with Gasteiger partial charge in [-0.3, -0.25) is 9.59 Å². The van der Waals surface area contributed by atoms with E-state index in [0.717, 1.165) is 16.8 Å². The van der Waals surface area contributed by atoms with Crippen molar-refractivity contribution in [2.45, 2.75) is 13.3 Å². The number of carbonyl (C=O) groups excluding carboxylic acids is 2. The lowest BCUT2D eigenvalue weighted by Gasteiger charge is -2.04. The van der Waals surface area contributed by atoms with Crippen LogP contribution in [-0.4, -0.2) is 24.1 Å². The van der Waals surface area contributed by atoms with Crippen molar-refractivity contribution in [2.24, 2.45) is 5.10 Å². The molecule has 0 radical (unpaired) electrons. The number of hydrazone groups is 1. The molecule has 0 fully saturated rings. The van der Waals surface area contributed by atoms with E-state index < -0.39 is 0 Å². The molecule has 0 aliphatic carbocycles. The summed E-state index contributed by atoms with van der Waals surface area (Å²) in [5.74, 6) is -0.696. The Kier molecular flexibility index (Phi) is 7.13. The topological polar surface area (TPSA) is 70.6 Å². The largest absolute Gasteiger partial charge is 0.343 e. The van der Waals surface area contributed by atoms with Gasteiger partial charge < -0.3 is 5.32 Å². The van der Waals surface area contributed by atoms with E-state index in [-0.39, 0.29) is 18.4 Å². The highest BCUT2D eigenvalue weighted by atomic mass is 16.2. The molecule has 0 heterocycles. The zero-order chi connectivity index (χ0) is 17.9. The number of amides is 2. The number of nitrogens with one attached hydrogen (secondary N) is 2. The zero-order valence-electron chi connectivity index (χ0n) is 14.1. The third-order valence-corrected chi connectivity index (χ3v) is 3.32. The fraction of sp³-hybridized carbons (Fsp3) is 0.150. The Morgan fingerprint density at radius 2 is 1.64 bits per heavy atom. The molecule has 2 aromatic rings. The second-order valence-electron chi connectivity index (χ2n) is 5.51. The molecular weight excluding hydrogens is 314 g/mol. The van der Waals surface area contributed by atoms with Gasteiger partial charge in [-0.2, -0.15) is 5.10 Å². The highest BCUT2D eigenvalue weighted by Crippen LogP contribution is 2.01. The summed E-state index contributed by atoms with van der Waals surface area (Å²) in [4.78, 5) is 23.4. The summed E-state index contributed by atoms with van der Waals surface area (Å²) < 4.78 is 0. The van der Waals surface area contributed by atoms with Crippen molar-refractivity contribution in [3.63, 3.8) is 0 Å². The monoisotopic (exact) mass is 335 g/mol. The quantitative estimate of drug-likeness (QED) is 0.464. The number of hydrogen-bond donors (Lipinski definition) is 2. The van der Waals surface area contributed by atoms with Crippen molar-refractivity contribution in [1.29, 1.82) is 0 Å². The second-order valence-corrected chi connectivity index (χ2v) is 5.51. The van der Waals surface area contributed by atoms with Gasteiger partial charge in [0.1, 0.15) is 0 Å². The Balaban J connectivity index is 1.72. The van der Waals surface area contributed by atoms with E-state index in [1.54, 1.807) is 6.08 Å². The minimum Gasteiger partial charge on any atom is -0.343 e. The first kappa shape index (κ1) is 18.1. The standard InChI is InChI=1S/C20H21N3O2/c1-16(14-18-10-6-3-7-11-18)22-23-20(25)15-21-19(24)13-12-17-8-4-2-5-9-17/h2-13H,14-15H2,1H3,(H,21,24)(H,23,25)/b13-12-,22-16?. The van der Waals surface area contributed by atoms with Crippen molar-refractivity contribution in [3.8, 4) is 0 Å². The number of nitrogens with zero attached hydrogens (tertiary/aromatic N) is 1. The molecule has 2 aromatic carbocycles. The molecule has 0 saturated heterocycles. The van der Waals surface area contributed by atoms with Crippen LogP contribution < -0.4 is 10.7 Å². The molecule has 0 bridgehead atoms. The summed E-state index contributed by atoms with van der Waals surface area (Å²) in [7, 11) is 0. The molecule has 0 atom stereocenters. The summed E-state index contributed by atoms with van der Waals surface area (Å²) in [6, 6.07) is 19.3. The first-order valence-electron chi connectivity index (χ1n) is 8.00. The average molecular weight is 335 g/mol. The molecule has 5 nitrogen and oxygen atoms in total. The van der Waals surface area contributed by atoms with Crippen LogP contribution in [0.1, 0.15) is 18.1 Å². The normalized spacial score (nSPS) is 11.3. The first-order chi connectivity index (χ1) is 12.1. The summed E-state index contributed by atoms with van der Waals surface area (Å²) in [5, 5.41) is 6.56. The molecule has 0 aromatic heterocycles. The molecule has 2 amide bonds. The van der Waals surface area contributed by atoms with E-state index in [4.69, 9.17) is 0 Å². The van der Waals surface area contributed by atoms with Crippen molar-refractivity contribution >= 4 is 23.6 Å². The van der Waals surface area contributed by atoms with Crippen LogP contribution in [0.3, 0.4) is 0 Å². The van der Waals surface area contributed by atoms with Gasteiger partial charge in [-0.05, 0) is 24.1 Å². The minimum absolute atomic E-state index is 0.125. The molecule has 0 aliphatic rings. The number of rotatable bonds is 7. The van der Waals surface area contributed by atoms with Crippen LogP contribution in [0, 0.1) is 0 Å². The Bertz CT molecular complexity index is 753. The maximum Gasteiger partial charge on any atom is 0.259 e. The molecule has 25 heavy (non-hydrogen) atoms. The zero-order valence-corrected chi connectivity index (χ0v) is 14.1. The summed E-state index contributed by atoms with van der Waals surface area (Å²) >= 11 is 0. The summed E-state index contributed by atoms with van der Waals surface area (Å²) in [6.07, 6.45) is 3.75. The van der Waals surface area contributed by atoms with Gasteiger partial charge in [0.05, 0.1) is 6.54 Å². The molecule has 0 spiro atoms. The van der Waals surface area contributed by atoms with Crippen LogP contribution in [0.5, 0.6) is 0 Å². The summed E-state index contributed by atoms with van der Waals surface area (Å²) in [5.41, 5.74) is 5.27. The van der Waals surface area contributed by atoms with Gasteiger partial charge in [-0.25, -0.2) is 5.43 Å². The molecule has 0 aliphatic heterocycles. The Labute approximate surface area is 147 Å². The van der Waals surface area contributed by atoms with E-state index in [1.807, 2.05) is 67.6 Å². The third kappa shape index (κ3) is 7.26. The lowest BCUT2D eigenvalue weighted by molar-refractivity contribution is -0.123. The second kappa shape index (κ2) is 9.82. The maximum atomic E-state index is 11.7. The van der Waals surface area contributed by atoms with E-state index in [1.165, 1.54) is 6.08 Å². The van der Waals surface area contributed by atoms with Gasteiger partial charge in [0, 0.05) is 18.2 Å². The van der Waals surface area contributed by atoms with Crippen LogP contribution in [-0.2, 0) is 16.0 Å². The van der Waals surface area contributed by atoms with Crippen molar-refractivity contribution < 1.29 is 9.59 Å². The fourth-order valence-corrected chi connectivity index (χ4v) is 2.09. The molecular formula is C20H21N3O2. The van der Waals surface area contributed by atoms with Gasteiger partial charge in [0.25, 0.3) is 5.91 Å². The minimum atomic E-state index is -0.367. The highest BCUT2D eigenvalue weighted by Gasteiger charge is 2.02. The Hall–Kier alpha value is -3.21. The van der Waals surface area contributed by atoms with E-state index in [0.29, 0.717) is 6.42 Å². The molecule has 5 heteroatoms. The lowest BCUT2D eigenvalue weighted by atomic mass is 10.1. The highest BCUT2D eigenvalue weighted by molar-refractivity contribution is 5.94. The molecule has 128 valence electrons. The number of carbonyl (C=O) groups is 2. The Morgan fingerprint density at radius 1 is 1.00 bits per heavy atom. The number of hydrogen-bond acceptors (Lipinski definition) is 3. The third-order valence-electron chi connectivity index (χ3n) is 3.32. The summed E-state index contributed by atoms with van der Waals surface area (Å²) in [6.45, 7) is 1.72. The average Bonchev–Trinajstić information content (AvgIpc) is 2.64. The van der Waals surface area contributed by atoms with Gasteiger partial charge in [0.15, 0.2) is 0 Å². The van der Waals surface area contributed by atoms with Gasteiger partial charge in [0.2, 0.25) is 5.91 Å². The molecule has 2 rings (SSSR count). The van der Waals surface area contributed by atoms with Crippen molar-refractivity contribution in [3.05, 3.63) is 77.9 Å². The Morgan fingerprint density at radius 3 is 2.32 bits per heavy atom. The van der Waals surface area contributed by atoms with Gasteiger partial charge in [-0.15, -0.1) is 0 Å². The van der Waals surface area contributed by atoms with Crippen LogP contribution in [0.4, 0.5) is 0 Å². The van der Waals surface area contributed by atoms with E-state index in [9.17, 15) is 9.59 Å². The van der Waals surface area contributed by atoms with Gasteiger partial charge in [-0.1, -0.05) is 60.7 Å². The van der Waals surface area contributed by atoms with E-state index in [2.05, 4.69) is 15.8 Å². The maximum absolute atomic E-state index is 11.7.